The lowest BCUT2D eigenvalue weighted by Gasteiger charge is -2.16. The van der Waals surface area contributed by atoms with E-state index in [0.29, 0.717) is 19.7 Å². The molecule has 1 aromatic rings. The largest absolute Gasteiger partial charge is 0.384 e. The lowest BCUT2D eigenvalue weighted by Crippen LogP contribution is -2.29. The highest BCUT2D eigenvalue weighted by atomic mass is 35.5. The molecule has 0 amide bonds. The third kappa shape index (κ3) is 3.00. The van der Waals surface area contributed by atoms with Crippen LogP contribution in [-0.4, -0.2) is 44.5 Å². The summed E-state index contributed by atoms with van der Waals surface area (Å²) >= 11 is 5.81. The molecule has 2 rings (SSSR count). The average Bonchev–Trinajstić information content (AvgIpc) is 2.82. The van der Waals surface area contributed by atoms with E-state index in [1.807, 2.05) is 0 Å². The lowest BCUT2D eigenvalue weighted by atomic mass is 10.1. The van der Waals surface area contributed by atoms with E-state index < -0.39 is 10.0 Å². The number of aromatic nitrogens is 1. The zero-order valence-electron chi connectivity index (χ0n) is 10.5. The molecular formula is C11H16ClN3O3S. The first kappa shape index (κ1) is 14.5. The van der Waals surface area contributed by atoms with Gasteiger partial charge in [0.15, 0.2) is 0 Å². The molecule has 106 valence electrons. The van der Waals surface area contributed by atoms with Crippen molar-refractivity contribution in [2.24, 2.45) is 5.92 Å². The van der Waals surface area contributed by atoms with Crippen molar-refractivity contribution in [3.8, 4) is 0 Å². The predicted molar refractivity (Wildman–Crippen MR) is 72.4 cm³/mol. The van der Waals surface area contributed by atoms with Crippen molar-refractivity contribution in [3.05, 3.63) is 17.3 Å². The first-order valence-corrected chi connectivity index (χ1v) is 7.67. The smallest absolute Gasteiger partial charge is 0.244 e. The molecule has 2 heterocycles. The number of halogens is 1. The Morgan fingerprint density at radius 3 is 3.00 bits per heavy atom. The average molecular weight is 306 g/mol. The summed E-state index contributed by atoms with van der Waals surface area (Å²) in [6.45, 7) is 1.50. The summed E-state index contributed by atoms with van der Waals surface area (Å²) in [5.41, 5.74) is 5.48. The molecule has 6 nitrogen and oxygen atoms in total. The topological polar surface area (TPSA) is 85.5 Å². The number of rotatable bonds is 4. The van der Waals surface area contributed by atoms with Crippen molar-refractivity contribution in [1.82, 2.24) is 9.29 Å². The van der Waals surface area contributed by atoms with Crippen LogP contribution in [0.2, 0.25) is 5.02 Å². The van der Waals surface area contributed by atoms with Gasteiger partial charge >= 0.3 is 0 Å². The van der Waals surface area contributed by atoms with Crippen LogP contribution in [0.1, 0.15) is 6.42 Å². The van der Waals surface area contributed by atoms with Gasteiger partial charge in [0, 0.05) is 26.4 Å². The van der Waals surface area contributed by atoms with E-state index in [1.165, 1.54) is 16.6 Å². The normalized spacial score (nSPS) is 20.8. The van der Waals surface area contributed by atoms with E-state index in [-0.39, 0.29) is 21.7 Å². The van der Waals surface area contributed by atoms with Gasteiger partial charge in [-0.3, -0.25) is 0 Å². The minimum absolute atomic E-state index is 0.0739. The second kappa shape index (κ2) is 5.62. The molecule has 0 bridgehead atoms. The van der Waals surface area contributed by atoms with E-state index >= 15 is 0 Å². The van der Waals surface area contributed by atoms with Crippen LogP contribution in [0.25, 0.3) is 0 Å². The van der Waals surface area contributed by atoms with Gasteiger partial charge in [-0.2, -0.15) is 4.31 Å². The maximum absolute atomic E-state index is 12.4. The molecule has 0 aliphatic carbocycles. The number of nitrogens with two attached hydrogens (primary N) is 1. The van der Waals surface area contributed by atoms with Crippen LogP contribution in [-0.2, 0) is 14.8 Å². The van der Waals surface area contributed by atoms with E-state index in [9.17, 15) is 8.42 Å². The second-order valence-corrected chi connectivity index (χ2v) is 6.86. The number of anilines is 1. The van der Waals surface area contributed by atoms with Gasteiger partial charge in [-0.25, -0.2) is 13.4 Å². The van der Waals surface area contributed by atoms with Gasteiger partial charge in [-0.15, -0.1) is 0 Å². The quantitative estimate of drug-likeness (QED) is 0.896. The molecule has 0 radical (unpaired) electrons. The van der Waals surface area contributed by atoms with Gasteiger partial charge in [-0.1, -0.05) is 11.6 Å². The summed E-state index contributed by atoms with van der Waals surface area (Å²) in [6.07, 6.45) is 2.03. The molecule has 0 spiro atoms. The highest BCUT2D eigenvalue weighted by Gasteiger charge is 2.32. The summed E-state index contributed by atoms with van der Waals surface area (Å²) in [6, 6.07) is 1.34. The van der Waals surface area contributed by atoms with Crippen LogP contribution < -0.4 is 5.73 Å². The zero-order valence-corrected chi connectivity index (χ0v) is 12.1. The summed E-state index contributed by atoms with van der Waals surface area (Å²) in [4.78, 5) is 3.86. The third-order valence-electron chi connectivity index (χ3n) is 3.13. The van der Waals surface area contributed by atoms with E-state index in [4.69, 9.17) is 22.1 Å². The van der Waals surface area contributed by atoms with Crippen LogP contribution in [0.15, 0.2) is 17.2 Å². The summed E-state index contributed by atoms with van der Waals surface area (Å²) in [5, 5.41) is 0.147. The fraction of sp³-hybridized carbons (Fsp3) is 0.545. The predicted octanol–water partition coefficient (Wildman–Crippen LogP) is 0.974. The number of nitrogen functional groups attached to an aromatic ring is 1. The first-order valence-electron chi connectivity index (χ1n) is 5.85. The van der Waals surface area contributed by atoms with Gasteiger partial charge in [0.1, 0.15) is 10.7 Å². The highest BCUT2D eigenvalue weighted by Crippen LogP contribution is 2.26. The number of nitrogens with zero attached hydrogens (tertiary/aromatic N) is 2. The van der Waals surface area contributed by atoms with Crippen molar-refractivity contribution in [2.75, 3.05) is 32.5 Å². The molecule has 1 aromatic heterocycles. The maximum Gasteiger partial charge on any atom is 0.244 e. The molecule has 1 atom stereocenters. The first-order chi connectivity index (χ1) is 8.95. The van der Waals surface area contributed by atoms with Crippen molar-refractivity contribution in [2.45, 2.75) is 11.3 Å². The monoisotopic (exact) mass is 305 g/mol. The number of sulfonamides is 1. The van der Waals surface area contributed by atoms with Crippen molar-refractivity contribution >= 4 is 27.4 Å². The third-order valence-corrected chi connectivity index (χ3v) is 5.27. The molecule has 0 saturated carbocycles. The SMILES string of the molecule is COCC1CCN(S(=O)(=O)c2cnc(N)c(Cl)c2)C1. The Kier molecular flexibility index (Phi) is 4.29. The molecule has 1 unspecified atom stereocenters. The van der Waals surface area contributed by atoms with E-state index in [1.54, 1.807) is 7.11 Å². The number of hydrogen-bond donors (Lipinski definition) is 1. The Morgan fingerprint density at radius 2 is 2.37 bits per heavy atom. The fourth-order valence-corrected chi connectivity index (χ4v) is 3.84. The molecule has 1 saturated heterocycles. The Hall–Kier alpha value is -0.890. The van der Waals surface area contributed by atoms with Crippen LogP contribution in [0.5, 0.6) is 0 Å². The molecular weight excluding hydrogens is 290 g/mol. The van der Waals surface area contributed by atoms with Gasteiger partial charge in [0.2, 0.25) is 10.0 Å². The fourth-order valence-electron chi connectivity index (χ4n) is 2.11. The van der Waals surface area contributed by atoms with Gasteiger partial charge in [0.25, 0.3) is 0 Å². The summed E-state index contributed by atoms with van der Waals surface area (Å²) < 4.78 is 31.3. The van der Waals surface area contributed by atoms with Crippen molar-refractivity contribution in [1.29, 1.82) is 0 Å². The summed E-state index contributed by atoms with van der Waals surface area (Å²) in [7, 11) is -1.94. The molecule has 1 aliphatic rings. The molecule has 1 aliphatic heterocycles. The highest BCUT2D eigenvalue weighted by molar-refractivity contribution is 7.89. The molecule has 2 N–H and O–H groups in total. The lowest BCUT2D eigenvalue weighted by molar-refractivity contribution is 0.157. The van der Waals surface area contributed by atoms with E-state index in [2.05, 4.69) is 4.98 Å². The number of pyridine rings is 1. The van der Waals surface area contributed by atoms with Crippen LogP contribution in [0, 0.1) is 5.92 Å². The standard InChI is InChI=1S/C11H16ClN3O3S/c1-18-7-8-2-3-15(6-8)19(16,17)9-4-10(12)11(13)14-5-9/h4-5,8H,2-3,6-7H2,1H3,(H2,13,14). The molecule has 0 aromatic carbocycles. The minimum Gasteiger partial charge on any atom is -0.384 e. The van der Waals surface area contributed by atoms with Crippen LogP contribution >= 0.6 is 11.6 Å². The van der Waals surface area contributed by atoms with Gasteiger partial charge in [-0.05, 0) is 18.4 Å². The number of ether oxygens (including phenoxy) is 1. The minimum atomic E-state index is -3.55. The number of methoxy groups -OCH3 is 1. The Labute approximate surface area is 117 Å². The van der Waals surface area contributed by atoms with Crippen LogP contribution in [0.3, 0.4) is 0 Å². The van der Waals surface area contributed by atoms with Gasteiger partial charge in [0.05, 0.1) is 11.6 Å². The van der Waals surface area contributed by atoms with Crippen molar-refractivity contribution in [3.63, 3.8) is 0 Å². The molecule has 1 fully saturated rings. The maximum atomic E-state index is 12.4. The van der Waals surface area contributed by atoms with E-state index in [0.717, 1.165) is 6.42 Å². The van der Waals surface area contributed by atoms with Gasteiger partial charge < -0.3 is 10.5 Å². The zero-order chi connectivity index (χ0) is 14.0. The van der Waals surface area contributed by atoms with Crippen molar-refractivity contribution < 1.29 is 13.2 Å². The Bertz CT molecular complexity index is 564. The molecule has 8 heteroatoms. The number of hydrogen-bond acceptors (Lipinski definition) is 5. The molecule has 19 heavy (non-hydrogen) atoms. The Morgan fingerprint density at radius 1 is 1.63 bits per heavy atom. The Balaban J connectivity index is 2.21. The summed E-state index contributed by atoms with van der Waals surface area (Å²) in [5.74, 6) is 0.358. The van der Waals surface area contributed by atoms with Crippen LogP contribution in [0.4, 0.5) is 5.82 Å². The second-order valence-electron chi connectivity index (χ2n) is 4.51.